The number of halogens is 2. The Hall–Kier alpha value is -2.74. The minimum Gasteiger partial charge on any atom is -0.487 e. The Kier molecular flexibility index (Phi) is 5.36. The van der Waals surface area contributed by atoms with E-state index in [1.807, 2.05) is 26.0 Å². The van der Waals surface area contributed by atoms with E-state index >= 15 is 0 Å². The highest BCUT2D eigenvalue weighted by atomic mass is 32.1. The third-order valence-corrected chi connectivity index (χ3v) is 6.02. The maximum absolute atomic E-state index is 13.8. The third-order valence-electron chi connectivity index (χ3n) is 4.86. The molecule has 1 aromatic carbocycles. The Balaban J connectivity index is 1.40. The Morgan fingerprint density at radius 1 is 1.21 bits per heavy atom. The average Bonchev–Trinajstić information content (AvgIpc) is 3.30. The van der Waals surface area contributed by atoms with Crippen molar-refractivity contribution in [1.29, 1.82) is 0 Å². The first-order valence-electron chi connectivity index (χ1n) is 9.36. The first-order chi connectivity index (χ1) is 13.9. The number of aryl methyl sites for hydroxylation is 2. The molecule has 0 N–H and O–H groups in total. The molecule has 152 valence electrons. The lowest BCUT2D eigenvalue weighted by Crippen LogP contribution is -2.41. The Morgan fingerprint density at radius 3 is 2.62 bits per heavy atom. The summed E-state index contributed by atoms with van der Waals surface area (Å²) in [5.74, 6) is 0.0565. The Morgan fingerprint density at radius 2 is 1.97 bits per heavy atom. The highest BCUT2D eigenvalue weighted by molar-refractivity contribution is 7.17. The van der Waals surface area contributed by atoms with Crippen LogP contribution in [-0.2, 0) is 0 Å². The maximum Gasteiger partial charge on any atom is 0.265 e. The molecule has 5 nitrogen and oxygen atoms in total. The molecule has 1 amide bonds. The van der Waals surface area contributed by atoms with E-state index in [0.29, 0.717) is 47.3 Å². The Labute approximate surface area is 170 Å². The fraction of sp³-hybridized carbons (Fsp3) is 0.333. The maximum atomic E-state index is 13.8. The van der Waals surface area contributed by atoms with Crippen molar-refractivity contribution in [2.45, 2.75) is 32.8 Å². The predicted octanol–water partition coefficient (Wildman–Crippen LogP) is 4.98. The zero-order valence-corrected chi connectivity index (χ0v) is 16.9. The number of benzene rings is 1. The van der Waals surface area contributed by atoms with E-state index in [1.54, 1.807) is 4.90 Å². The molecule has 29 heavy (non-hydrogen) atoms. The first-order valence-corrected chi connectivity index (χ1v) is 10.2. The number of furan rings is 1. The molecule has 0 spiro atoms. The van der Waals surface area contributed by atoms with Crippen LogP contribution in [0.15, 0.2) is 34.7 Å². The lowest BCUT2D eigenvalue weighted by Gasteiger charge is -2.32. The zero-order chi connectivity index (χ0) is 20.5. The summed E-state index contributed by atoms with van der Waals surface area (Å²) in [7, 11) is 0. The van der Waals surface area contributed by atoms with Crippen LogP contribution in [0.4, 0.5) is 8.78 Å². The monoisotopic (exact) mass is 418 g/mol. The van der Waals surface area contributed by atoms with Gasteiger partial charge in [-0.3, -0.25) is 4.79 Å². The molecule has 0 aliphatic carbocycles. The van der Waals surface area contributed by atoms with Gasteiger partial charge in [0.05, 0.1) is 5.69 Å². The number of thiazole rings is 1. The van der Waals surface area contributed by atoms with Crippen LogP contribution >= 0.6 is 11.3 Å². The van der Waals surface area contributed by atoms with E-state index < -0.39 is 11.6 Å². The van der Waals surface area contributed by atoms with Gasteiger partial charge in [-0.1, -0.05) is 0 Å². The summed E-state index contributed by atoms with van der Waals surface area (Å²) in [5, 5.41) is 0.684. The number of ether oxygens (including phenoxy) is 1. The fourth-order valence-electron chi connectivity index (χ4n) is 3.32. The minimum absolute atomic E-state index is 0.0351. The topological polar surface area (TPSA) is 55.6 Å². The van der Waals surface area contributed by atoms with Gasteiger partial charge in [0.1, 0.15) is 22.6 Å². The average molecular weight is 418 g/mol. The normalized spacial score (nSPS) is 15.0. The predicted molar refractivity (Wildman–Crippen MR) is 105 cm³/mol. The van der Waals surface area contributed by atoms with Crippen molar-refractivity contribution < 1.29 is 22.7 Å². The zero-order valence-electron chi connectivity index (χ0n) is 16.1. The van der Waals surface area contributed by atoms with E-state index in [9.17, 15) is 13.6 Å². The first kappa shape index (κ1) is 19.6. The van der Waals surface area contributed by atoms with Crippen molar-refractivity contribution in [3.63, 3.8) is 0 Å². The lowest BCUT2D eigenvalue weighted by molar-refractivity contribution is 0.0591. The highest BCUT2D eigenvalue weighted by Crippen LogP contribution is 2.31. The summed E-state index contributed by atoms with van der Waals surface area (Å²) in [5.41, 5.74) is 0.677. The molecule has 0 saturated carbocycles. The quantitative estimate of drug-likeness (QED) is 0.600. The molecule has 0 unspecified atom stereocenters. The number of amides is 1. The van der Waals surface area contributed by atoms with Crippen LogP contribution in [-0.4, -0.2) is 35.0 Å². The summed E-state index contributed by atoms with van der Waals surface area (Å²) < 4.78 is 38.1. The molecule has 1 aliphatic heterocycles. The molecule has 8 heteroatoms. The smallest absolute Gasteiger partial charge is 0.265 e. The molecule has 2 aromatic heterocycles. The molecule has 0 radical (unpaired) electrons. The molecule has 3 heterocycles. The molecule has 1 saturated heterocycles. The van der Waals surface area contributed by atoms with Crippen LogP contribution in [0.5, 0.6) is 5.75 Å². The molecule has 0 atom stereocenters. The van der Waals surface area contributed by atoms with E-state index in [0.717, 1.165) is 11.8 Å². The molecule has 1 aliphatic rings. The molecule has 4 rings (SSSR count). The van der Waals surface area contributed by atoms with Crippen molar-refractivity contribution in [2.24, 2.45) is 0 Å². The second kappa shape index (κ2) is 7.94. The van der Waals surface area contributed by atoms with Crippen LogP contribution in [0.25, 0.3) is 10.8 Å². The highest BCUT2D eigenvalue weighted by Gasteiger charge is 2.28. The number of nitrogens with zero attached hydrogens (tertiary/aromatic N) is 2. The van der Waals surface area contributed by atoms with Gasteiger partial charge in [0.2, 0.25) is 0 Å². The summed E-state index contributed by atoms with van der Waals surface area (Å²) >= 11 is 1.32. The van der Waals surface area contributed by atoms with Crippen LogP contribution in [0, 0.1) is 25.5 Å². The van der Waals surface area contributed by atoms with Crippen molar-refractivity contribution in [3.8, 4) is 16.5 Å². The summed E-state index contributed by atoms with van der Waals surface area (Å²) in [4.78, 5) is 19.8. The number of hydrogen-bond acceptors (Lipinski definition) is 5. The van der Waals surface area contributed by atoms with Gasteiger partial charge in [0.15, 0.2) is 22.3 Å². The van der Waals surface area contributed by atoms with Crippen molar-refractivity contribution in [2.75, 3.05) is 13.1 Å². The number of carbonyl (C=O) groups is 1. The number of aromatic nitrogens is 1. The van der Waals surface area contributed by atoms with Crippen molar-refractivity contribution >= 4 is 17.2 Å². The van der Waals surface area contributed by atoms with Gasteiger partial charge >= 0.3 is 0 Å². The standard InChI is InChI=1S/C21H20F2N2O3S/c1-12-3-5-18(27-12)20-24-13(2)19(29-20)21(26)25-9-7-15(8-10-25)28-17-6-4-14(22)11-16(17)23/h3-6,11,15H,7-10H2,1-2H3. The number of likely N-dealkylation sites (tertiary alicyclic amines) is 1. The third kappa shape index (κ3) is 4.17. The second-order valence-corrected chi connectivity index (χ2v) is 8.03. The van der Waals surface area contributed by atoms with Gasteiger partial charge in [-0.25, -0.2) is 13.8 Å². The molecule has 0 bridgehead atoms. The largest absolute Gasteiger partial charge is 0.487 e. The van der Waals surface area contributed by atoms with E-state index in [-0.39, 0.29) is 17.8 Å². The number of hydrogen-bond donors (Lipinski definition) is 0. The second-order valence-electron chi connectivity index (χ2n) is 7.03. The van der Waals surface area contributed by atoms with E-state index in [2.05, 4.69) is 4.98 Å². The van der Waals surface area contributed by atoms with Crippen LogP contribution in [0.1, 0.15) is 34.0 Å². The SMILES string of the molecule is Cc1ccc(-c2nc(C)c(C(=O)N3CCC(Oc4ccc(F)cc4F)CC3)s2)o1. The number of rotatable bonds is 4. The summed E-state index contributed by atoms with van der Waals surface area (Å²) in [6.07, 6.45) is 0.929. The van der Waals surface area contributed by atoms with Gasteiger partial charge < -0.3 is 14.1 Å². The van der Waals surface area contributed by atoms with Gasteiger partial charge in [-0.05, 0) is 38.1 Å². The van der Waals surface area contributed by atoms with Gasteiger partial charge in [-0.2, -0.15) is 0 Å². The summed E-state index contributed by atoms with van der Waals surface area (Å²) in [6.45, 7) is 4.67. The van der Waals surface area contributed by atoms with Crippen LogP contribution in [0.3, 0.4) is 0 Å². The molecular formula is C21H20F2N2O3S. The lowest BCUT2D eigenvalue weighted by atomic mass is 10.1. The van der Waals surface area contributed by atoms with Gasteiger partial charge in [-0.15, -0.1) is 11.3 Å². The van der Waals surface area contributed by atoms with Crippen LogP contribution < -0.4 is 4.74 Å². The van der Waals surface area contributed by atoms with Crippen molar-refractivity contribution in [1.82, 2.24) is 9.88 Å². The van der Waals surface area contributed by atoms with E-state index in [1.165, 1.54) is 23.5 Å². The fourth-order valence-corrected chi connectivity index (χ4v) is 4.32. The molecule has 1 fully saturated rings. The van der Waals surface area contributed by atoms with Gasteiger partial charge in [0, 0.05) is 32.0 Å². The molecular weight excluding hydrogens is 398 g/mol. The Bertz CT molecular complexity index is 1040. The minimum atomic E-state index is -0.718. The number of carbonyl (C=O) groups excluding carboxylic acids is 1. The summed E-state index contributed by atoms with van der Waals surface area (Å²) in [6, 6.07) is 6.97. The van der Waals surface area contributed by atoms with Gasteiger partial charge in [0.25, 0.3) is 5.91 Å². The number of piperidine rings is 1. The van der Waals surface area contributed by atoms with Crippen LogP contribution in [0.2, 0.25) is 0 Å². The van der Waals surface area contributed by atoms with E-state index in [4.69, 9.17) is 9.15 Å². The van der Waals surface area contributed by atoms with Crippen molar-refractivity contribution in [3.05, 3.63) is 58.3 Å². The molecule has 3 aromatic rings.